The Labute approximate surface area is 140 Å². The van der Waals surface area contributed by atoms with E-state index in [2.05, 4.69) is 11.0 Å². The van der Waals surface area contributed by atoms with Crippen LogP contribution in [0.4, 0.5) is 0 Å². The van der Waals surface area contributed by atoms with Crippen molar-refractivity contribution in [2.24, 2.45) is 0 Å². The van der Waals surface area contributed by atoms with Gasteiger partial charge in [0.15, 0.2) is 9.84 Å². The molecule has 0 heterocycles. The molecule has 1 fully saturated rings. The Morgan fingerprint density at radius 2 is 1.96 bits per heavy atom. The SMILES string of the molecule is CN(Cc1ccccc1C(C)(C)C#N)C1CCCC1S(C)(=O)=O. The molecule has 1 aromatic carbocycles. The molecule has 126 valence electrons. The van der Waals surface area contributed by atoms with Crippen molar-refractivity contribution in [1.82, 2.24) is 4.90 Å². The predicted molar refractivity (Wildman–Crippen MR) is 92.8 cm³/mol. The molecule has 23 heavy (non-hydrogen) atoms. The lowest BCUT2D eigenvalue weighted by Gasteiger charge is -2.30. The molecule has 0 spiro atoms. The lowest BCUT2D eigenvalue weighted by Crippen LogP contribution is -2.41. The first-order valence-electron chi connectivity index (χ1n) is 8.05. The van der Waals surface area contributed by atoms with Gasteiger partial charge in [0, 0.05) is 18.8 Å². The summed E-state index contributed by atoms with van der Waals surface area (Å²) >= 11 is 0. The number of nitrogens with zero attached hydrogens (tertiary/aromatic N) is 2. The minimum Gasteiger partial charge on any atom is -0.298 e. The summed E-state index contributed by atoms with van der Waals surface area (Å²) in [6.45, 7) is 4.50. The maximum absolute atomic E-state index is 12.0. The molecule has 4 nitrogen and oxygen atoms in total. The predicted octanol–water partition coefficient (Wildman–Crippen LogP) is 2.89. The minimum absolute atomic E-state index is 0.0586. The van der Waals surface area contributed by atoms with E-state index in [9.17, 15) is 13.7 Å². The molecule has 5 heteroatoms. The fourth-order valence-corrected chi connectivity index (χ4v) is 5.13. The van der Waals surface area contributed by atoms with Gasteiger partial charge in [0.2, 0.25) is 0 Å². The third kappa shape index (κ3) is 3.94. The molecule has 0 aliphatic heterocycles. The van der Waals surface area contributed by atoms with E-state index in [-0.39, 0.29) is 11.3 Å². The highest BCUT2D eigenvalue weighted by molar-refractivity contribution is 7.91. The zero-order valence-electron chi connectivity index (χ0n) is 14.4. The van der Waals surface area contributed by atoms with Crippen LogP contribution in [0.15, 0.2) is 24.3 Å². The lowest BCUT2D eigenvalue weighted by atomic mass is 9.83. The largest absolute Gasteiger partial charge is 0.298 e. The van der Waals surface area contributed by atoms with E-state index >= 15 is 0 Å². The molecule has 0 bridgehead atoms. The van der Waals surface area contributed by atoms with Crippen LogP contribution in [0, 0.1) is 11.3 Å². The number of benzene rings is 1. The van der Waals surface area contributed by atoms with Crippen LogP contribution in [-0.4, -0.2) is 37.9 Å². The molecule has 2 atom stereocenters. The molecule has 0 radical (unpaired) electrons. The molecule has 0 aromatic heterocycles. The normalized spacial score (nSPS) is 22.3. The molecular formula is C18H26N2O2S. The number of sulfone groups is 1. The Balaban J connectivity index is 2.25. The average Bonchev–Trinajstić information content (AvgIpc) is 2.97. The summed E-state index contributed by atoms with van der Waals surface area (Å²) in [4.78, 5) is 2.14. The first-order chi connectivity index (χ1) is 10.7. The van der Waals surface area contributed by atoms with Crippen LogP contribution >= 0.6 is 0 Å². The fourth-order valence-electron chi connectivity index (χ4n) is 3.62. The summed E-state index contributed by atoms with van der Waals surface area (Å²) in [5.74, 6) is 0. The second-order valence-corrected chi connectivity index (χ2v) is 9.44. The summed E-state index contributed by atoms with van der Waals surface area (Å²) < 4.78 is 24.0. The topological polar surface area (TPSA) is 61.2 Å². The number of hydrogen-bond donors (Lipinski definition) is 0. The summed E-state index contributed by atoms with van der Waals surface area (Å²) in [5.41, 5.74) is 1.56. The van der Waals surface area contributed by atoms with Crippen molar-refractivity contribution in [3.05, 3.63) is 35.4 Å². The molecule has 2 unspecified atom stereocenters. The van der Waals surface area contributed by atoms with Crippen LogP contribution in [0.25, 0.3) is 0 Å². The molecule has 1 aliphatic rings. The van der Waals surface area contributed by atoms with Gasteiger partial charge in [-0.1, -0.05) is 30.7 Å². The van der Waals surface area contributed by atoms with Gasteiger partial charge >= 0.3 is 0 Å². The van der Waals surface area contributed by atoms with Gasteiger partial charge in [0.1, 0.15) is 0 Å². The van der Waals surface area contributed by atoms with Gasteiger partial charge in [-0.3, -0.25) is 4.90 Å². The van der Waals surface area contributed by atoms with Crippen LogP contribution in [-0.2, 0) is 21.8 Å². The smallest absolute Gasteiger partial charge is 0.151 e. The van der Waals surface area contributed by atoms with E-state index < -0.39 is 15.3 Å². The highest BCUT2D eigenvalue weighted by Crippen LogP contribution is 2.31. The Bertz CT molecular complexity index is 704. The van der Waals surface area contributed by atoms with Crippen LogP contribution < -0.4 is 0 Å². The monoisotopic (exact) mass is 334 g/mol. The van der Waals surface area contributed by atoms with Crippen molar-refractivity contribution in [2.75, 3.05) is 13.3 Å². The first kappa shape index (κ1) is 18.0. The van der Waals surface area contributed by atoms with Gasteiger partial charge in [0.05, 0.1) is 16.7 Å². The van der Waals surface area contributed by atoms with Gasteiger partial charge in [0.25, 0.3) is 0 Å². The van der Waals surface area contributed by atoms with Crippen molar-refractivity contribution in [2.45, 2.75) is 56.4 Å². The second kappa shape index (κ2) is 6.62. The third-order valence-electron chi connectivity index (χ3n) is 4.92. The van der Waals surface area contributed by atoms with E-state index in [0.717, 1.165) is 30.4 Å². The maximum Gasteiger partial charge on any atom is 0.151 e. The van der Waals surface area contributed by atoms with Gasteiger partial charge in [-0.2, -0.15) is 5.26 Å². The van der Waals surface area contributed by atoms with Crippen LogP contribution in [0.1, 0.15) is 44.2 Å². The standard InChI is InChI=1S/C18H26N2O2S/c1-18(2,13-19)15-9-6-5-8-14(15)12-20(3)16-10-7-11-17(16)23(4,21)22/h5-6,8-9,16-17H,7,10-12H2,1-4H3. The molecule has 1 saturated carbocycles. The summed E-state index contributed by atoms with van der Waals surface area (Å²) in [6, 6.07) is 10.4. The van der Waals surface area contributed by atoms with Gasteiger partial charge in [-0.15, -0.1) is 0 Å². The zero-order valence-corrected chi connectivity index (χ0v) is 15.2. The van der Waals surface area contributed by atoms with Crippen molar-refractivity contribution in [3.8, 4) is 6.07 Å². The number of rotatable bonds is 5. The van der Waals surface area contributed by atoms with Crippen molar-refractivity contribution >= 4 is 9.84 Å². The van der Waals surface area contributed by atoms with Gasteiger partial charge < -0.3 is 0 Å². The van der Waals surface area contributed by atoms with Crippen LogP contribution in [0.2, 0.25) is 0 Å². The van der Waals surface area contributed by atoms with E-state index in [4.69, 9.17) is 0 Å². The fraction of sp³-hybridized carbons (Fsp3) is 0.611. The highest BCUT2D eigenvalue weighted by Gasteiger charge is 2.37. The molecule has 0 N–H and O–H groups in total. The van der Waals surface area contributed by atoms with Gasteiger partial charge in [-0.25, -0.2) is 8.42 Å². The quantitative estimate of drug-likeness (QED) is 0.831. The van der Waals surface area contributed by atoms with Crippen molar-refractivity contribution < 1.29 is 8.42 Å². The highest BCUT2D eigenvalue weighted by atomic mass is 32.2. The summed E-state index contributed by atoms with van der Waals surface area (Å²) in [6.07, 6.45) is 3.96. The Hall–Kier alpha value is -1.38. The molecule has 0 amide bonds. The summed E-state index contributed by atoms with van der Waals surface area (Å²) in [7, 11) is -1.04. The Morgan fingerprint density at radius 1 is 1.30 bits per heavy atom. The van der Waals surface area contributed by atoms with Crippen LogP contribution in [0.3, 0.4) is 0 Å². The minimum atomic E-state index is -3.03. The number of hydrogen-bond acceptors (Lipinski definition) is 4. The van der Waals surface area contributed by atoms with Gasteiger partial charge in [-0.05, 0) is 44.9 Å². The van der Waals surface area contributed by atoms with Crippen molar-refractivity contribution in [1.29, 1.82) is 5.26 Å². The maximum atomic E-state index is 12.0. The van der Waals surface area contributed by atoms with Crippen molar-refractivity contribution in [3.63, 3.8) is 0 Å². The second-order valence-electron chi connectivity index (χ2n) is 7.18. The van der Waals surface area contributed by atoms with E-state index in [1.54, 1.807) is 0 Å². The third-order valence-corrected chi connectivity index (χ3v) is 6.57. The van der Waals surface area contributed by atoms with E-state index in [1.807, 2.05) is 45.2 Å². The van der Waals surface area contributed by atoms with Crippen LogP contribution in [0.5, 0.6) is 0 Å². The van der Waals surface area contributed by atoms with E-state index in [1.165, 1.54) is 6.26 Å². The first-order valence-corrected chi connectivity index (χ1v) is 10.0. The molecular weight excluding hydrogens is 308 g/mol. The molecule has 0 saturated heterocycles. The summed E-state index contributed by atoms with van der Waals surface area (Å²) in [5, 5.41) is 9.15. The molecule has 1 aliphatic carbocycles. The van der Waals surface area contributed by atoms with E-state index in [0.29, 0.717) is 6.54 Å². The molecule has 1 aromatic rings. The lowest BCUT2D eigenvalue weighted by molar-refractivity contribution is 0.237. The number of nitriles is 1. The Kier molecular flexibility index (Phi) is 5.17. The Morgan fingerprint density at radius 3 is 2.57 bits per heavy atom. The average molecular weight is 334 g/mol. The zero-order chi connectivity index (χ0) is 17.3. The molecule has 2 rings (SSSR count).